The summed E-state index contributed by atoms with van der Waals surface area (Å²) in [5.41, 5.74) is 14.2. The Labute approximate surface area is 105 Å². The number of amides is 1. The molecule has 5 nitrogen and oxygen atoms in total. The van der Waals surface area contributed by atoms with Crippen molar-refractivity contribution in [1.29, 1.82) is 0 Å². The van der Waals surface area contributed by atoms with E-state index >= 15 is 0 Å². The fraction of sp³-hybridized carbons (Fsp3) is 0.0769. The minimum absolute atomic E-state index is 0.357. The summed E-state index contributed by atoms with van der Waals surface area (Å²) >= 11 is 0. The Hall–Kier alpha value is -2.56. The molecule has 0 fully saturated rings. The maximum absolute atomic E-state index is 11.3. The van der Waals surface area contributed by atoms with Gasteiger partial charge in [-0.15, -0.1) is 0 Å². The summed E-state index contributed by atoms with van der Waals surface area (Å²) in [5.74, 6) is -0.523. The molecular formula is C13H14N4O. The van der Waals surface area contributed by atoms with Crippen LogP contribution in [0.25, 0.3) is 0 Å². The Morgan fingerprint density at radius 1 is 1.28 bits per heavy atom. The predicted octanol–water partition coefficient (Wildman–Crippen LogP) is 1.81. The van der Waals surface area contributed by atoms with E-state index in [9.17, 15) is 4.79 Å². The first kappa shape index (κ1) is 11.9. The fourth-order valence-corrected chi connectivity index (χ4v) is 1.60. The normalized spacial score (nSPS) is 10.1. The van der Waals surface area contributed by atoms with Crippen LogP contribution < -0.4 is 16.8 Å². The maximum Gasteiger partial charge on any atom is 0.250 e. The second-order valence-corrected chi connectivity index (χ2v) is 3.95. The van der Waals surface area contributed by atoms with Crippen molar-refractivity contribution in [3.8, 4) is 0 Å². The summed E-state index contributed by atoms with van der Waals surface area (Å²) < 4.78 is 0. The molecule has 2 rings (SSSR count). The number of hydrogen-bond acceptors (Lipinski definition) is 4. The SMILES string of the molecule is Cc1ccc(Nc2c(N)cccc2C(N)=O)cn1. The third-order valence-electron chi connectivity index (χ3n) is 2.54. The summed E-state index contributed by atoms with van der Waals surface area (Å²) in [7, 11) is 0. The number of aryl methyl sites for hydroxylation is 1. The number of rotatable bonds is 3. The van der Waals surface area contributed by atoms with E-state index in [2.05, 4.69) is 10.3 Å². The third-order valence-corrected chi connectivity index (χ3v) is 2.54. The Morgan fingerprint density at radius 3 is 2.67 bits per heavy atom. The van der Waals surface area contributed by atoms with E-state index in [0.717, 1.165) is 11.4 Å². The van der Waals surface area contributed by atoms with E-state index in [1.54, 1.807) is 24.4 Å². The van der Waals surface area contributed by atoms with Crippen LogP contribution in [-0.2, 0) is 0 Å². The number of carbonyl (C=O) groups excluding carboxylic acids is 1. The highest BCUT2D eigenvalue weighted by molar-refractivity contribution is 6.02. The number of carbonyl (C=O) groups is 1. The van der Waals surface area contributed by atoms with Crippen molar-refractivity contribution in [2.75, 3.05) is 11.1 Å². The molecule has 0 aliphatic heterocycles. The monoisotopic (exact) mass is 242 g/mol. The molecule has 0 radical (unpaired) electrons. The number of pyridine rings is 1. The number of aromatic nitrogens is 1. The number of para-hydroxylation sites is 1. The van der Waals surface area contributed by atoms with Crippen LogP contribution in [-0.4, -0.2) is 10.9 Å². The molecule has 0 unspecified atom stereocenters. The number of hydrogen-bond donors (Lipinski definition) is 3. The summed E-state index contributed by atoms with van der Waals surface area (Å²) in [6, 6.07) is 8.75. The lowest BCUT2D eigenvalue weighted by Gasteiger charge is -2.12. The quantitative estimate of drug-likeness (QED) is 0.715. The number of benzene rings is 1. The minimum Gasteiger partial charge on any atom is -0.397 e. The molecule has 5 heteroatoms. The van der Waals surface area contributed by atoms with Gasteiger partial charge in [-0.05, 0) is 31.2 Å². The molecule has 18 heavy (non-hydrogen) atoms. The molecule has 0 saturated carbocycles. The van der Waals surface area contributed by atoms with Crippen LogP contribution in [0.5, 0.6) is 0 Å². The van der Waals surface area contributed by atoms with Crippen LogP contribution in [0.1, 0.15) is 16.1 Å². The second-order valence-electron chi connectivity index (χ2n) is 3.95. The van der Waals surface area contributed by atoms with Crippen molar-refractivity contribution < 1.29 is 4.79 Å². The van der Waals surface area contributed by atoms with E-state index in [1.165, 1.54) is 0 Å². The molecule has 0 atom stereocenters. The van der Waals surface area contributed by atoms with Crippen molar-refractivity contribution >= 4 is 23.0 Å². The number of nitrogen functional groups attached to an aromatic ring is 1. The van der Waals surface area contributed by atoms with E-state index < -0.39 is 5.91 Å². The lowest BCUT2D eigenvalue weighted by molar-refractivity contribution is 0.100. The molecular weight excluding hydrogens is 228 g/mol. The Kier molecular flexibility index (Phi) is 3.14. The van der Waals surface area contributed by atoms with Crippen molar-refractivity contribution in [3.05, 3.63) is 47.8 Å². The van der Waals surface area contributed by atoms with Crippen LogP contribution in [0.15, 0.2) is 36.5 Å². The molecule has 1 amide bonds. The topological polar surface area (TPSA) is 94.0 Å². The number of nitrogens with zero attached hydrogens (tertiary/aromatic N) is 1. The number of nitrogens with two attached hydrogens (primary N) is 2. The standard InChI is InChI=1S/C13H14N4O/c1-8-5-6-9(7-16-8)17-12-10(13(15)18)3-2-4-11(12)14/h2-7,17H,14H2,1H3,(H2,15,18). The minimum atomic E-state index is -0.523. The Balaban J connectivity index is 2.39. The van der Waals surface area contributed by atoms with Gasteiger partial charge in [-0.3, -0.25) is 9.78 Å². The summed E-state index contributed by atoms with van der Waals surface area (Å²) in [4.78, 5) is 15.5. The van der Waals surface area contributed by atoms with Gasteiger partial charge in [0.2, 0.25) is 0 Å². The fourth-order valence-electron chi connectivity index (χ4n) is 1.60. The first-order valence-electron chi connectivity index (χ1n) is 5.46. The summed E-state index contributed by atoms with van der Waals surface area (Å²) in [6.07, 6.45) is 1.67. The molecule has 0 spiro atoms. The summed E-state index contributed by atoms with van der Waals surface area (Å²) in [5, 5.41) is 3.06. The average molecular weight is 242 g/mol. The zero-order valence-electron chi connectivity index (χ0n) is 9.97. The van der Waals surface area contributed by atoms with Crippen LogP contribution in [0.2, 0.25) is 0 Å². The molecule has 0 aliphatic rings. The van der Waals surface area contributed by atoms with E-state index in [0.29, 0.717) is 16.9 Å². The van der Waals surface area contributed by atoms with Gasteiger partial charge in [0.05, 0.1) is 28.8 Å². The highest BCUT2D eigenvalue weighted by atomic mass is 16.1. The lowest BCUT2D eigenvalue weighted by Crippen LogP contribution is -2.14. The average Bonchev–Trinajstić information content (AvgIpc) is 2.34. The molecule has 1 heterocycles. The van der Waals surface area contributed by atoms with Gasteiger partial charge in [0, 0.05) is 5.69 Å². The van der Waals surface area contributed by atoms with E-state index in [1.807, 2.05) is 19.1 Å². The van der Waals surface area contributed by atoms with Crippen LogP contribution in [0, 0.1) is 6.92 Å². The molecule has 0 aliphatic carbocycles. The smallest absolute Gasteiger partial charge is 0.250 e. The first-order valence-corrected chi connectivity index (χ1v) is 5.46. The number of primary amides is 1. The zero-order valence-corrected chi connectivity index (χ0v) is 9.97. The molecule has 2 aromatic rings. The predicted molar refractivity (Wildman–Crippen MR) is 71.6 cm³/mol. The van der Waals surface area contributed by atoms with Gasteiger partial charge < -0.3 is 16.8 Å². The van der Waals surface area contributed by atoms with E-state index in [-0.39, 0.29) is 0 Å². The third kappa shape index (κ3) is 2.40. The number of anilines is 3. The van der Waals surface area contributed by atoms with Crippen molar-refractivity contribution in [2.45, 2.75) is 6.92 Å². The summed E-state index contributed by atoms with van der Waals surface area (Å²) in [6.45, 7) is 1.90. The largest absolute Gasteiger partial charge is 0.397 e. The van der Waals surface area contributed by atoms with Crippen molar-refractivity contribution in [1.82, 2.24) is 4.98 Å². The first-order chi connectivity index (χ1) is 8.58. The number of nitrogens with one attached hydrogen (secondary N) is 1. The van der Waals surface area contributed by atoms with Crippen LogP contribution in [0.4, 0.5) is 17.1 Å². The maximum atomic E-state index is 11.3. The van der Waals surface area contributed by atoms with Crippen LogP contribution >= 0.6 is 0 Å². The van der Waals surface area contributed by atoms with Gasteiger partial charge >= 0.3 is 0 Å². The highest BCUT2D eigenvalue weighted by Gasteiger charge is 2.11. The lowest BCUT2D eigenvalue weighted by atomic mass is 10.1. The molecule has 92 valence electrons. The van der Waals surface area contributed by atoms with Crippen LogP contribution in [0.3, 0.4) is 0 Å². The van der Waals surface area contributed by atoms with Gasteiger partial charge in [-0.25, -0.2) is 0 Å². The van der Waals surface area contributed by atoms with E-state index in [4.69, 9.17) is 11.5 Å². The Morgan fingerprint density at radius 2 is 2.06 bits per heavy atom. The van der Waals surface area contributed by atoms with Gasteiger partial charge in [-0.1, -0.05) is 6.07 Å². The van der Waals surface area contributed by atoms with Crippen molar-refractivity contribution in [2.24, 2.45) is 5.73 Å². The zero-order chi connectivity index (χ0) is 13.1. The van der Waals surface area contributed by atoms with Gasteiger partial charge in [0.15, 0.2) is 0 Å². The van der Waals surface area contributed by atoms with Gasteiger partial charge in [-0.2, -0.15) is 0 Å². The Bertz CT molecular complexity index is 578. The second kappa shape index (κ2) is 4.75. The van der Waals surface area contributed by atoms with Gasteiger partial charge in [0.1, 0.15) is 0 Å². The molecule has 1 aromatic carbocycles. The van der Waals surface area contributed by atoms with Gasteiger partial charge in [0.25, 0.3) is 5.91 Å². The van der Waals surface area contributed by atoms with Crippen molar-refractivity contribution in [3.63, 3.8) is 0 Å². The molecule has 0 saturated heterocycles. The molecule has 0 bridgehead atoms. The molecule has 1 aromatic heterocycles. The highest BCUT2D eigenvalue weighted by Crippen LogP contribution is 2.26. The molecule has 5 N–H and O–H groups in total.